The van der Waals surface area contributed by atoms with Crippen molar-refractivity contribution in [1.82, 2.24) is 10.2 Å². The van der Waals surface area contributed by atoms with Gasteiger partial charge in [-0.2, -0.15) is 0 Å². The Morgan fingerprint density at radius 3 is 2.63 bits per heavy atom. The lowest BCUT2D eigenvalue weighted by molar-refractivity contribution is -0.125. The molecule has 0 aliphatic carbocycles. The lowest BCUT2D eigenvalue weighted by Gasteiger charge is -2.18. The second-order valence-corrected chi connectivity index (χ2v) is 8.33. The molecule has 2 amide bonds. The fourth-order valence-electron chi connectivity index (χ4n) is 3.92. The van der Waals surface area contributed by atoms with Gasteiger partial charge in [0.05, 0.1) is 17.9 Å². The molecule has 2 unspecified atom stereocenters. The van der Waals surface area contributed by atoms with Crippen molar-refractivity contribution in [3.8, 4) is 5.75 Å². The summed E-state index contributed by atoms with van der Waals surface area (Å²) in [7, 11) is 1.63. The van der Waals surface area contributed by atoms with Crippen LogP contribution in [0, 0.1) is 5.92 Å². The van der Waals surface area contributed by atoms with Crippen LogP contribution >= 0.6 is 11.3 Å². The molecular weight excluding hydrogens is 396 g/mol. The molecule has 1 aromatic heterocycles. The predicted molar refractivity (Wildman–Crippen MR) is 118 cm³/mol. The summed E-state index contributed by atoms with van der Waals surface area (Å²) in [4.78, 5) is 28.6. The maximum Gasteiger partial charge on any atom is 0.263 e. The van der Waals surface area contributed by atoms with Gasteiger partial charge in [-0.25, -0.2) is 0 Å². The minimum atomic E-state index is -0.315. The van der Waals surface area contributed by atoms with Gasteiger partial charge in [-0.1, -0.05) is 48.5 Å². The number of carbonyl (C=O) groups excluding carboxylic acids is 2. The first kappa shape index (κ1) is 20.2. The summed E-state index contributed by atoms with van der Waals surface area (Å²) in [5, 5.41) is 4.95. The number of nitrogens with one attached hydrogen (secondary N) is 1. The summed E-state index contributed by atoms with van der Waals surface area (Å²) < 4.78 is 5.37. The van der Waals surface area contributed by atoms with E-state index in [-0.39, 0.29) is 23.7 Å². The number of likely N-dealkylation sites (tertiary alicyclic amines) is 1. The van der Waals surface area contributed by atoms with Crippen LogP contribution in [0.3, 0.4) is 0 Å². The van der Waals surface area contributed by atoms with E-state index in [1.54, 1.807) is 12.0 Å². The van der Waals surface area contributed by atoms with Crippen LogP contribution < -0.4 is 10.1 Å². The van der Waals surface area contributed by atoms with Gasteiger partial charge in [-0.15, -0.1) is 11.3 Å². The van der Waals surface area contributed by atoms with Crippen LogP contribution in [-0.4, -0.2) is 36.9 Å². The predicted octanol–water partition coefficient (Wildman–Crippen LogP) is 3.93. The van der Waals surface area contributed by atoms with E-state index in [1.165, 1.54) is 11.3 Å². The lowest BCUT2D eigenvalue weighted by atomic mass is 9.88. The summed E-state index contributed by atoms with van der Waals surface area (Å²) in [5.74, 6) is 0.299. The Hall–Kier alpha value is -3.12. The zero-order valence-electron chi connectivity index (χ0n) is 16.8. The molecule has 2 aromatic carbocycles. The van der Waals surface area contributed by atoms with Crippen molar-refractivity contribution in [2.45, 2.75) is 12.5 Å². The molecular formula is C24H24N2O3S. The first-order valence-electron chi connectivity index (χ1n) is 9.94. The van der Waals surface area contributed by atoms with E-state index < -0.39 is 0 Å². The van der Waals surface area contributed by atoms with Crippen LogP contribution in [0.4, 0.5) is 0 Å². The monoisotopic (exact) mass is 420 g/mol. The summed E-state index contributed by atoms with van der Waals surface area (Å²) in [6.45, 7) is 1.38. The first-order valence-corrected chi connectivity index (χ1v) is 10.8. The highest BCUT2D eigenvalue weighted by molar-refractivity contribution is 7.12. The molecule has 0 radical (unpaired) electrons. The highest BCUT2D eigenvalue weighted by Gasteiger charge is 2.40. The number of amides is 2. The highest BCUT2D eigenvalue weighted by Crippen LogP contribution is 2.35. The minimum Gasteiger partial charge on any atom is -0.497 e. The Labute approximate surface area is 180 Å². The number of thiophene rings is 1. The van der Waals surface area contributed by atoms with Crippen molar-refractivity contribution in [2.24, 2.45) is 5.92 Å². The van der Waals surface area contributed by atoms with E-state index >= 15 is 0 Å². The van der Waals surface area contributed by atoms with Crippen LogP contribution in [0.5, 0.6) is 5.75 Å². The average molecular weight is 421 g/mol. The van der Waals surface area contributed by atoms with Gasteiger partial charge in [-0.05, 0) is 34.7 Å². The summed E-state index contributed by atoms with van der Waals surface area (Å²) in [6, 6.07) is 21.3. The number of carbonyl (C=O) groups is 2. The molecule has 0 bridgehead atoms. The Balaban J connectivity index is 1.55. The molecule has 2 atom stereocenters. The minimum absolute atomic E-state index is 0.0174. The smallest absolute Gasteiger partial charge is 0.263 e. The molecule has 4 rings (SSSR count). The fourth-order valence-corrected chi connectivity index (χ4v) is 4.61. The average Bonchev–Trinajstić information content (AvgIpc) is 3.48. The Kier molecular flexibility index (Phi) is 6.14. The van der Waals surface area contributed by atoms with Gasteiger partial charge in [-0.3, -0.25) is 9.59 Å². The second kappa shape index (κ2) is 9.13. The van der Waals surface area contributed by atoms with Crippen LogP contribution in [0.25, 0.3) is 0 Å². The molecule has 1 saturated heterocycles. The molecule has 1 N–H and O–H groups in total. The Morgan fingerprint density at radius 2 is 1.90 bits per heavy atom. The van der Waals surface area contributed by atoms with Crippen molar-refractivity contribution in [3.63, 3.8) is 0 Å². The van der Waals surface area contributed by atoms with Crippen molar-refractivity contribution >= 4 is 23.2 Å². The number of rotatable bonds is 6. The third-order valence-electron chi connectivity index (χ3n) is 5.51. The third kappa shape index (κ3) is 4.39. The van der Waals surface area contributed by atoms with Crippen LogP contribution in [0.1, 0.15) is 26.7 Å². The molecule has 3 aromatic rings. The van der Waals surface area contributed by atoms with Crippen LogP contribution in [0.2, 0.25) is 0 Å². The third-order valence-corrected chi connectivity index (χ3v) is 6.37. The van der Waals surface area contributed by atoms with E-state index in [4.69, 9.17) is 4.74 Å². The van der Waals surface area contributed by atoms with Crippen molar-refractivity contribution < 1.29 is 14.3 Å². The van der Waals surface area contributed by atoms with Gasteiger partial charge in [0.1, 0.15) is 5.75 Å². The highest BCUT2D eigenvalue weighted by atomic mass is 32.1. The van der Waals surface area contributed by atoms with Crippen molar-refractivity contribution in [3.05, 3.63) is 88.1 Å². The molecule has 1 fully saturated rings. The Morgan fingerprint density at radius 1 is 1.07 bits per heavy atom. The first-order chi connectivity index (χ1) is 14.7. The van der Waals surface area contributed by atoms with E-state index in [2.05, 4.69) is 5.32 Å². The normalized spacial score (nSPS) is 18.2. The number of hydrogen-bond donors (Lipinski definition) is 1. The number of methoxy groups -OCH3 is 1. The van der Waals surface area contributed by atoms with Crippen LogP contribution in [-0.2, 0) is 11.3 Å². The Bertz CT molecular complexity index is 1000. The van der Waals surface area contributed by atoms with E-state index in [0.717, 1.165) is 16.9 Å². The summed E-state index contributed by atoms with van der Waals surface area (Å²) in [5.41, 5.74) is 2.06. The topological polar surface area (TPSA) is 58.6 Å². The van der Waals surface area contributed by atoms with Gasteiger partial charge >= 0.3 is 0 Å². The fraction of sp³-hybridized carbons (Fsp3) is 0.250. The van der Waals surface area contributed by atoms with Gasteiger partial charge in [0, 0.05) is 25.6 Å². The quantitative estimate of drug-likeness (QED) is 0.657. The molecule has 5 nitrogen and oxygen atoms in total. The standard InChI is InChI=1S/C24H24N2O3S/c1-29-19-10-5-9-18(13-19)20-15-26(24(28)22-11-6-12-30-22)16-21(20)23(27)25-14-17-7-3-2-4-8-17/h2-13,20-21H,14-16H2,1H3,(H,25,27). The van der Waals surface area contributed by atoms with E-state index in [0.29, 0.717) is 24.5 Å². The molecule has 0 saturated carbocycles. The molecule has 30 heavy (non-hydrogen) atoms. The largest absolute Gasteiger partial charge is 0.497 e. The van der Waals surface area contributed by atoms with Crippen molar-refractivity contribution in [2.75, 3.05) is 20.2 Å². The number of hydrogen-bond acceptors (Lipinski definition) is 4. The van der Waals surface area contributed by atoms with Crippen molar-refractivity contribution in [1.29, 1.82) is 0 Å². The number of nitrogens with zero attached hydrogens (tertiary/aromatic N) is 1. The molecule has 154 valence electrons. The maximum absolute atomic E-state index is 13.1. The summed E-state index contributed by atoms with van der Waals surface area (Å²) in [6.07, 6.45) is 0. The van der Waals surface area contributed by atoms with Gasteiger partial charge < -0.3 is 15.0 Å². The zero-order chi connectivity index (χ0) is 20.9. The van der Waals surface area contributed by atoms with Crippen LogP contribution in [0.15, 0.2) is 72.1 Å². The van der Waals surface area contributed by atoms with Gasteiger partial charge in [0.2, 0.25) is 5.91 Å². The van der Waals surface area contributed by atoms with E-state index in [1.807, 2.05) is 72.1 Å². The SMILES string of the molecule is COc1cccc(C2CN(C(=O)c3cccs3)CC2C(=O)NCc2ccccc2)c1. The molecule has 2 heterocycles. The van der Waals surface area contributed by atoms with Gasteiger partial charge in [0.15, 0.2) is 0 Å². The zero-order valence-corrected chi connectivity index (χ0v) is 17.6. The molecule has 6 heteroatoms. The number of benzene rings is 2. The van der Waals surface area contributed by atoms with Gasteiger partial charge in [0.25, 0.3) is 5.91 Å². The molecule has 1 aliphatic heterocycles. The maximum atomic E-state index is 13.1. The summed E-state index contributed by atoms with van der Waals surface area (Å²) >= 11 is 1.43. The molecule has 0 spiro atoms. The van der Waals surface area contributed by atoms with E-state index in [9.17, 15) is 9.59 Å². The second-order valence-electron chi connectivity index (χ2n) is 7.38. The molecule has 1 aliphatic rings. The lowest BCUT2D eigenvalue weighted by Crippen LogP contribution is -2.35. The number of ether oxygens (including phenoxy) is 1.